The fraction of sp³-hybridized carbons (Fsp3) is 0.395. The molecule has 5 heterocycles. The van der Waals surface area contributed by atoms with Crippen LogP contribution in [0.1, 0.15) is 77.9 Å². The van der Waals surface area contributed by atoms with E-state index in [1.54, 1.807) is 4.90 Å². The number of para-hydroxylation sites is 1. The lowest BCUT2D eigenvalue weighted by Gasteiger charge is -2.40. The highest BCUT2D eigenvalue weighted by molar-refractivity contribution is 8.00. The minimum atomic E-state index is -0.804. The van der Waals surface area contributed by atoms with Gasteiger partial charge in [0.25, 0.3) is 5.91 Å². The summed E-state index contributed by atoms with van der Waals surface area (Å²) in [7, 11) is 0. The number of ether oxygens (including phenoxy) is 2. The summed E-state index contributed by atoms with van der Waals surface area (Å²) >= 11 is 8.09. The monoisotopic (exact) mass is 699 g/mol. The number of halogens is 1. The molecule has 0 unspecified atom stereocenters. The molecule has 2 fully saturated rings. The molecule has 0 radical (unpaired) electrons. The van der Waals surface area contributed by atoms with Gasteiger partial charge in [-0.2, -0.15) is 11.8 Å². The zero-order valence-electron chi connectivity index (χ0n) is 27.4. The highest BCUT2D eigenvalue weighted by Crippen LogP contribution is 2.50. The Kier molecular flexibility index (Phi) is 8.27. The number of benzene rings is 3. The highest BCUT2D eigenvalue weighted by Gasteiger charge is 2.44. The van der Waals surface area contributed by atoms with Gasteiger partial charge in [0, 0.05) is 57.6 Å². The summed E-state index contributed by atoms with van der Waals surface area (Å²) in [5.74, 6) is 1.29. The van der Waals surface area contributed by atoms with Crippen molar-refractivity contribution in [2.24, 2.45) is 0 Å². The van der Waals surface area contributed by atoms with E-state index < -0.39 is 11.7 Å². The van der Waals surface area contributed by atoms with Crippen LogP contribution in [0.3, 0.4) is 0 Å². The van der Waals surface area contributed by atoms with Crippen molar-refractivity contribution < 1.29 is 28.3 Å². The minimum Gasteiger partial charge on any atom is -0.482 e. The average molecular weight is 700 g/mol. The number of anilines is 1. The standard InChI is InChI=1S/C38H38ClN3O6S/c1-21-32-27(47-35(21)36(44)42-18-17-22-7-3-4-8-26(22)42)15-16-28-33(32)29(19-38(2,48-28)23-11-13-24(39)14-12-23)46-31(43)10-6-5-9-30-34-25(20-49-30)40-37(45)41-34/h3-4,7-8,11-16,25,29-30,34H,5-6,9-10,17-20H2,1-2H3,(H2,40,41,45)/t25-,29+,30-,34-,38+/m0/s1. The van der Waals surface area contributed by atoms with Crippen molar-refractivity contribution in [1.29, 1.82) is 0 Å². The number of nitrogens with zero attached hydrogens (tertiary/aromatic N) is 1. The molecule has 0 spiro atoms. The van der Waals surface area contributed by atoms with Crippen LogP contribution < -0.4 is 20.3 Å². The lowest BCUT2D eigenvalue weighted by Crippen LogP contribution is -2.37. The second kappa shape index (κ2) is 12.6. The third kappa shape index (κ3) is 5.82. The van der Waals surface area contributed by atoms with Crippen LogP contribution in [-0.2, 0) is 21.6 Å². The first-order chi connectivity index (χ1) is 23.7. The molecule has 11 heteroatoms. The van der Waals surface area contributed by atoms with E-state index in [4.69, 9.17) is 25.5 Å². The molecule has 4 aliphatic rings. The fourth-order valence-electron chi connectivity index (χ4n) is 7.93. The molecule has 0 saturated carbocycles. The number of carbonyl (C=O) groups excluding carboxylic acids is 3. The quantitative estimate of drug-likeness (QED) is 0.111. The zero-order valence-corrected chi connectivity index (χ0v) is 29.0. The van der Waals surface area contributed by atoms with Gasteiger partial charge < -0.3 is 29.4 Å². The number of fused-ring (bicyclic) bond motifs is 5. The number of hydrogen-bond acceptors (Lipinski definition) is 7. The van der Waals surface area contributed by atoms with Crippen molar-refractivity contribution in [2.45, 2.75) is 81.4 Å². The number of urea groups is 1. The van der Waals surface area contributed by atoms with Crippen LogP contribution >= 0.6 is 23.4 Å². The first-order valence-corrected chi connectivity index (χ1v) is 18.4. The van der Waals surface area contributed by atoms with E-state index in [-0.39, 0.29) is 42.2 Å². The van der Waals surface area contributed by atoms with Gasteiger partial charge in [0.05, 0.1) is 12.1 Å². The first-order valence-electron chi connectivity index (χ1n) is 17.0. The van der Waals surface area contributed by atoms with Gasteiger partial charge in [0.15, 0.2) is 5.76 Å². The third-order valence-electron chi connectivity index (χ3n) is 10.4. The predicted octanol–water partition coefficient (Wildman–Crippen LogP) is 7.61. The Morgan fingerprint density at radius 1 is 1.08 bits per heavy atom. The number of aryl methyl sites for hydroxylation is 1. The number of rotatable bonds is 8. The molecular weight excluding hydrogens is 662 g/mol. The second-order valence-electron chi connectivity index (χ2n) is 13.6. The molecule has 3 aromatic carbocycles. The van der Waals surface area contributed by atoms with E-state index in [1.165, 1.54) is 0 Å². The SMILES string of the molecule is Cc1c(C(=O)N2CCc3ccccc32)oc2ccc3c(c12)[C@H](OC(=O)CCCC[C@@H]1SC[C@@H]2NC(=O)N[C@@H]21)C[C@](C)(c1ccc(Cl)cc1)O3. The van der Waals surface area contributed by atoms with Crippen molar-refractivity contribution in [3.63, 3.8) is 0 Å². The highest BCUT2D eigenvalue weighted by atomic mass is 35.5. The average Bonchev–Trinajstić information content (AvgIpc) is 3.86. The number of esters is 1. The molecule has 8 rings (SSSR count). The van der Waals surface area contributed by atoms with Gasteiger partial charge in [0.1, 0.15) is 23.0 Å². The Morgan fingerprint density at radius 2 is 1.90 bits per heavy atom. The molecule has 9 nitrogen and oxygen atoms in total. The molecule has 3 amide bonds. The van der Waals surface area contributed by atoms with Crippen LogP contribution in [0.5, 0.6) is 5.75 Å². The summed E-state index contributed by atoms with van der Waals surface area (Å²) in [6.45, 7) is 4.47. The van der Waals surface area contributed by atoms with E-state index in [1.807, 2.05) is 86.3 Å². The summed E-state index contributed by atoms with van der Waals surface area (Å²) in [6.07, 6.45) is 3.26. The first kappa shape index (κ1) is 32.1. The van der Waals surface area contributed by atoms with Gasteiger partial charge in [-0.1, -0.05) is 48.4 Å². The van der Waals surface area contributed by atoms with Gasteiger partial charge in [-0.25, -0.2) is 4.79 Å². The molecule has 0 bridgehead atoms. The molecule has 0 aliphatic carbocycles. The maximum Gasteiger partial charge on any atom is 0.315 e. The molecule has 5 atom stereocenters. The zero-order chi connectivity index (χ0) is 33.9. The van der Waals surface area contributed by atoms with Crippen molar-refractivity contribution >= 4 is 57.9 Å². The lowest BCUT2D eigenvalue weighted by molar-refractivity contribution is -0.154. The van der Waals surface area contributed by atoms with Crippen molar-refractivity contribution in [3.05, 3.63) is 93.7 Å². The van der Waals surface area contributed by atoms with Gasteiger partial charge in [0.2, 0.25) is 0 Å². The van der Waals surface area contributed by atoms with Gasteiger partial charge in [-0.05, 0) is 74.6 Å². The number of amides is 3. The van der Waals surface area contributed by atoms with Crippen molar-refractivity contribution in [3.8, 4) is 5.75 Å². The van der Waals surface area contributed by atoms with E-state index in [0.717, 1.165) is 52.8 Å². The summed E-state index contributed by atoms with van der Waals surface area (Å²) in [5.41, 5.74) is 4.11. The van der Waals surface area contributed by atoms with Crippen LogP contribution in [-0.4, -0.2) is 47.5 Å². The summed E-state index contributed by atoms with van der Waals surface area (Å²) < 4.78 is 19.4. The minimum absolute atomic E-state index is 0.0916. The van der Waals surface area contributed by atoms with Crippen LogP contribution in [0.4, 0.5) is 10.5 Å². The van der Waals surface area contributed by atoms with E-state index in [2.05, 4.69) is 10.6 Å². The van der Waals surface area contributed by atoms with Crippen molar-refractivity contribution in [2.75, 3.05) is 17.2 Å². The van der Waals surface area contributed by atoms with Crippen molar-refractivity contribution in [1.82, 2.24) is 10.6 Å². The molecule has 254 valence electrons. The van der Waals surface area contributed by atoms with Crippen LogP contribution in [0.15, 0.2) is 65.1 Å². The van der Waals surface area contributed by atoms with Crippen LogP contribution in [0, 0.1) is 6.92 Å². The van der Waals surface area contributed by atoms with Crippen LogP contribution in [0.25, 0.3) is 11.0 Å². The Hall–Kier alpha value is -4.15. The Labute approximate surface area is 294 Å². The lowest BCUT2D eigenvalue weighted by atomic mass is 9.83. The maximum atomic E-state index is 13.9. The predicted molar refractivity (Wildman–Crippen MR) is 190 cm³/mol. The smallest absolute Gasteiger partial charge is 0.315 e. The number of thioether (sulfide) groups is 1. The number of carbonyl (C=O) groups is 3. The van der Waals surface area contributed by atoms with Gasteiger partial charge in [-0.3, -0.25) is 9.59 Å². The van der Waals surface area contributed by atoms with Gasteiger partial charge in [-0.15, -0.1) is 0 Å². The largest absolute Gasteiger partial charge is 0.482 e. The van der Waals surface area contributed by atoms with E-state index in [9.17, 15) is 14.4 Å². The molecular formula is C38H38ClN3O6S. The van der Waals surface area contributed by atoms with E-state index >= 15 is 0 Å². The number of furan rings is 1. The summed E-state index contributed by atoms with van der Waals surface area (Å²) in [5, 5.41) is 7.72. The van der Waals surface area contributed by atoms with Crippen LogP contribution in [0.2, 0.25) is 5.02 Å². The number of nitrogens with one attached hydrogen (secondary N) is 2. The Bertz CT molecular complexity index is 1960. The molecule has 4 aliphatic heterocycles. The van der Waals surface area contributed by atoms with E-state index in [0.29, 0.717) is 46.6 Å². The fourth-order valence-corrected chi connectivity index (χ4v) is 9.60. The normalized spacial score (nSPS) is 25.3. The Balaban J connectivity index is 1.06. The summed E-state index contributed by atoms with van der Waals surface area (Å²) in [6, 6.07) is 19.4. The molecule has 1 aromatic heterocycles. The number of hydrogen-bond donors (Lipinski definition) is 2. The molecule has 2 saturated heterocycles. The molecule has 49 heavy (non-hydrogen) atoms. The topological polar surface area (TPSA) is 110 Å². The summed E-state index contributed by atoms with van der Waals surface area (Å²) in [4.78, 5) is 41.0. The second-order valence-corrected chi connectivity index (χ2v) is 15.3. The maximum absolute atomic E-state index is 13.9. The number of unbranched alkanes of at least 4 members (excludes halogenated alkanes) is 1. The Morgan fingerprint density at radius 3 is 2.73 bits per heavy atom. The molecule has 4 aromatic rings. The third-order valence-corrected chi connectivity index (χ3v) is 12.2. The molecule has 2 N–H and O–H groups in total. The van der Waals surface area contributed by atoms with Gasteiger partial charge >= 0.3 is 12.0 Å².